The molecule has 1 unspecified atom stereocenters. The number of amides is 1. The molecule has 0 aromatic rings. The van der Waals surface area contributed by atoms with E-state index < -0.39 is 0 Å². The van der Waals surface area contributed by atoms with E-state index in [0.717, 1.165) is 25.7 Å². The zero-order chi connectivity index (χ0) is 10.7. The summed E-state index contributed by atoms with van der Waals surface area (Å²) in [6, 6.07) is 0.720. The second-order valence-electron chi connectivity index (χ2n) is 5.07. The number of nitrogens with one attached hydrogen (secondary N) is 1. The van der Waals surface area contributed by atoms with E-state index in [1.165, 1.54) is 25.7 Å². The third kappa shape index (κ3) is 3.49. The summed E-state index contributed by atoms with van der Waals surface area (Å²) in [5, 5.41) is 3.39. The van der Waals surface area contributed by atoms with Crippen LogP contribution in [0.15, 0.2) is 0 Å². The van der Waals surface area contributed by atoms with E-state index in [0.29, 0.717) is 18.2 Å². The van der Waals surface area contributed by atoms with Gasteiger partial charge < -0.3 is 10.2 Å². The lowest BCUT2D eigenvalue weighted by molar-refractivity contribution is -0.132. The van der Waals surface area contributed by atoms with E-state index >= 15 is 0 Å². The molecule has 0 aromatic heterocycles. The molecule has 0 radical (unpaired) electrons. The molecule has 2 rings (SSSR count). The van der Waals surface area contributed by atoms with Gasteiger partial charge in [-0.25, -0.2) is 0 Å². The van der Waals surface area contributed by atoms with Gasteiger partial charge in [-0.2, -0.15) is 0 Å². The minimum absolute atomic E-state index is 0.342. The Kier molecular flexibility index (Phi) is 3.62. The summed E-state index contributed by atoms with van der Waals surface area (Å²) in [5.74, 6) is 1.04. The Morgan fingerprint density at radius 1 is 1.40 bits per heavy atom. The van der Waals surface area contributed by atoms with Crippen molar-refractivity contribution in [2.75, 3.05) is 19.6 Å². The van der Waals surface area contributed by atoms with Crippen LogP contribution in [0.4, 0.5) is 0 Å². The maximum Gasteiger partial charge on any atom is 0.223 e. The van der Waals surface area contributed by atoms with E-state index in [-0.39, 0.29) is 0 Å². The zero-order valence-corrected chi connectivity index (χ0v) is 9.67. The zero-order valence-electron chi connectivity index (χ0n) is 9.67. The molecule has 1 atom stereocenters. The molecule has 15 heavy (non-hydrogen) atoms. The largest absolute Gasteiger partial charge is 0.342 e. The van der Waals surface area contributed by atoms with E-state index in [1.807, 2.05) is 4.90 Å². The van der Waals surface area contributed by atoms with Crippen molar-refractivity contribution in [3.05, 3.63) is 0 Å². The highest BCUT2D eigenvalue weighted by Gasteiger charge is 2.22. The molecule has 2 aliphatic rings. The molecule has 1 heterocycles. The van der Waals surface area contributed by atoms with E-state index in [2.05, 4.69) is 12.2 Å². The first-order chi connectivity index (χ1) is 7.25. The number of carbonyl (C=O) groups is 1. The SMILES string of the molecule is CC1CCCN(C(=O)CCNC2CC2)C1. The number of hydrogen-bond acceptors (Lipinski definition) is 2. The quantitative estimate of drug-likeness (QED) is 0.760. The molecule has 1 amide bonds. The molecule has 1 aliphatic heterocycles. The first-order valence-corrected chi connectivity index (χ1v) is 6.27. The normalized spacial score (nSPS) is 26.7. The van der Waals surface area contributed by atoms with Gasteiger partial charge in [0.2, 0.25) is 5.91 Å². The van der Waals surface area contributed by atoms with Crippen molar-refractivity contribution in [2.45, 2.75) is 45.1 Å². The van der Waals surface area contributed by atoms with Crippen LogP contribution in [-0.2, 0) is 4.79 Å². The predicted molar refractivity (Wildman–Crippen MR) is 60.6 cm³/mol. The fourth-order valence-corrected chi connectivity index (χ4v) is 2.24. The smallest absolute Gasteiger partial charge is 0.223 e. The lowest BCUT2D eigenvalue weighted by Gasteiger charge is -2.31. The van der Waals surface area contributed by atoms with Crippen LogP contribution in [0.2, 0.25) is 0 Å². The van der Waals surface area contributed by atoms with Gasteiger partial charge in [0.15, 0.2) is 0 Å². The van der Waals surface area contributed by atoms with Gasteiger partial charge in [0.25, 0.3) is 0 Å². The minimum atomic E-state index is 0.342. The van der Waals surface area contributed by atoms with E-state index in [4.69, 9.17) is 0 Å². The van der Waals surface area contributed by atoms with Gasteiger partial charge in [-0.3, -0.25) is 4.79 Å². The average molecular weight is 210 g/mol. The van der Waals surface area contributed by atoms with Crippen LogP contribution in [0, 0.1) is 5.92 Å². The Hall–Kier alpha value is -0.570. The summed E-state index contributed by atoms with van der Waals surface area (Å²) in [7, 11) is 0. The fourth-order valence-electron chi connectivity index (χ4n) is 2.24. The van der Waals surface area contributed by atoms with Gasteiger partial charge in [0.05, 0.1) is 0 Å². The fraction of sp³-hybridized carbons (Fsp3) is 0.917. The average Bonchev–Trinajstić information content (AvgIpc) is 3.01. The highest BCUT2D eigenvalue weighted by molar-refractivity contribution is 5.76. The van der Waals surface area contributed by atoms with Gasteiger partial charge in [0, 0.05) is 32.1 Å². The highest BCUT2D eigenvalue weighted by Crippen LogP contribution is 2.19. The summed E-state index contributed by atoms with van der Waals surface area (Å²) in [6.07, 6.45) is 5.75. The second kappa shape index (κ2) is 4.97. The van der Waals surface area contributed by atoms with E-state index in [9.17, 15) is 4.79 Å². The number of piperidine rings is 1. The summed E-state index contributed by atoms with van der Waals surface area (Å²) < 4.78 is 0. The summed E-state index contributed by atoms with van der Waals surface area (Å²) in [6.45, 7) is 5.06. The Balaban J connectivity index is 1.64. The molecular formula is C12H22N2O. The standard InChI is InChI=1S/C12H22N2O/c1-10-3-2-8-14(9-10)12(15)6-7-13-11-4-5-11/h10-11,13H,2-9H2,1H3. The molecule has 3 nitrogen and oxygen atoms in total. The number of rotatable bonds is 4. The summed E-state index contributed by atoms with van der Waals surface area (Å²) in [4.78, 5) is 13.9. The van der Waals surface area contributed by atoms with Crippen LogP contribution in [0.25, 0.3) is 0 Å². The monoisotopic (exact) mass is 210 g/mol. The van der Waals surface area contributed by atoms with Crippen molar-refractivity contribution in [1.82, 2.24) is 10.2 Å². The Bertz CT molecular complexity index is 226. The van der Waals surface area contributed by atoms with Crippen molar-refractivity contribution in [3.8, 4) is 0 Å². The van der Waals surface area contributed by atoms with Gasteiger partial charge >= 0.3 is 0 Å². The Labute approximate surface area is 92.2 Å². The molecule has 3 heteroatoms. The number of nitrogens with zero attached hydrogens (tertiary/aromatic N) is 1. The minimum Gasteiger partial charge on any atom is -0.342 e. The lowest BCUT2D eigenvalue weighted by Crippen LogP contribution is -2.40. The van der Waals surface area contributed by atoms with Crippen molar-refractivity contribution >= 4 is 5.91 Å². The lowest BCUT2D eigenvalue weighted by atomic mass is 10.00. The maximum atomic E-state index is 11.8. The molecule has 86 valence electrons. The van der Waals surface area contributed by atoms with Crippen LogP contribution in [0.1, 0.15) is 39.0 Å². The first-order valence-electron chi connectivity index (χ1n) is 6.27. The summed E-state index contributed by atoms with van der Waals surface area (Å²) in [5.41, 5.74) is 0. The van der Waals surface area contributed by atoms with Gasteiger partial charge in [-0.05, 0) is 31.6 Å². The molecule has 1 saturated carbocycles. The highest BCUT2D eigenvalue weighted by atomic mass is 16.2. The third-order valence-electron chi connectivity index (χ3n) is 3.36. The van der Waals surface area contributed by atoms with Gasteiger partial charge in [-0.15, -0.1) is 0 Å². The van der Waals surface area contributed by atoms with Crippen LogP contribution in [0.3, 0.4) is 0 Å². The molecular weight excluding hydrogens is 188 g/mol. The maximum absolute atomic E-state index is 11.8. The van der Waals surface area contributed by atoms with E-state index in [1.54, 1.807) is 0 Å². The third-order valence-corrected chi connectivity index (χ3v) is 3.36. The Morgan fingerprint density at radius 3 is 2.87 bits per heavy atom. The molecule has 1 N–H and O–H groups in total. The molecule has 2 fully saturated rings. The predicted octanol–water partition coefficient (Wildman–Crippen LogP) is 1.39. The molecule has 0 spiro atoms. The van der Waals surface area contributed by atoms with Crippen molar-refractivity contribution in [1.29, 1.82) is 0 Å². The van der Waals surface area contributed by atoms with Gasteiger partial charge in [0.1, 0.15) is 0 Å². The van der Waals surface area contributed by atoms with Crippen LogP contribution < -0.4 is 5.32 Å². The topological polar surface area (TPSA) is 32.3 Å². The number of carbonyl (C=O) groups excluding carboxylic acids is 1. The van der Waals surface area contributed by atoms with Gasteiger partial charge in [-0.1, -0.05) is 6.92 Å². The first kappa shape index (κ1) is 10.9. The second-order valence-corrected chi connectivity index (χ2v) is 5.07. The summed E-state index contributed by atoms with van der Waals surface area (Å²) >= 11 is 0. The van der Waals surface area contributed by atoms with Crippen LogP contribution in [0.5, 0.6) is 0 Å². The van der Waals surface area contributed by atoms with Crippen LogP contribution in [-0.4, -0.2) is 36.5 Å². The molecule has 1 aliphatic carbocycles. The molecule has 0 bridgehead atoms. The van der Waals surface area contributed by atoms with Crippen molar-refractivity contribution in [2.24, 2.45) is 5.92 Å². The molecule has 0 aromatic carbocycles. The number of hydrogen-bond donors (Lipinski definition) is 1. The molecule has 1 saturated heterocycles. The Morgan fingerprint density at radius 2 is 2.20 bits per heavy atom. The van der Waals surface area contributed by atoms with Crippen molar-refractivity contribution < 1.29 is 4.79 Å². The van der Waals surface area contributed by atoms with Crippen LogP contribution >= 0.6 is 0 Å². The van der Waals surface area contributed by atoms with Crippen molar-refractivity contribution in [3.63, 3.8) is 0 Å². The number of likely N-dealkylation sites (tertiary alicyclic amines) is 1.